The minimum atomic E-state index is 1.00. The first-order chi connectivity index (χ1) is 4.83. The molecule has 0 aliphatic carbocycles. The molecular weight excluding hydrogens is 124 g/mol. The molecule has 0 spiro atoms. The highest BCUT2D eigenvalue weighted by Gasteiger charge is 1.42. The molecule has 0 unspecified atom stereocenters. The number of hydrogen-bond acceptors (Lipinski definition) is 1. The summed E-state index contributed by atoms with van der Waals surface area (Å²) >= 11 is 0. The molecular formula is C8H20N2. The number of hydrogen-bond donors (Lipinski definition) is 1. The molecule has 0 aromatic carbocycles. The fraction of sp³-hybridized carbons (Fsp3) is 0.750. The molecule has 2 nitrogen and oxygen atoms in total. The van der Waals surface area contributed by atoms with E-state index in [2.05, 4.69) is 18.8 Å². The zero-order valence-electron chi connectivity index (χ0n) is 7.81. The molecule has 0 aliphatic heterocycles. The Bertz CT molecular complexity index is 58.3. The maximum absolute atomic E-state index is 6.28. The second kappa shape index (κ2) is 40.3. The van der Waals surface area contributed by atoms with Gasteiger partial charge in [-0.1, -0.05) is 34.1 Å². The summed E-state index contributed by atoms with van der Waals surface area (Å²) < 4.78 is 0. The van der Waals surface area contributed by atoms with Crippen molar-refractivity contribution in [2.24, 2.45) is 4.99 Å². The van der Waals surface area contributed by atoms with Gasteiger partial charge in [-0.3, -0.25) is 10.4 Å². The normalized spacial score (nSPS) is 6.90. The molecule has 0 fully saturated rings. The van der Waals surface area contributed by atoms with Crippen LogP contribution >= 0.6 is 0 Å². The molecule has 0 saturated heterocycles. The molecule has 0 aromatic heterocycles. The van der Waals surface area contributed by atoms with Gasteiger partial charge >= 0.3 is 0 Å². The van der Waals surface area contributed by atoms with E-state index in [1.54, 1.807) is 13.1 Å². The summed E-state index contributed by atoms with van der Waals surface area (Å²) in [6.45, 7) is 10.0. The average Bonchev–Trinajstić information content (AvgIpc) is 1.96. The summed E-state index contributed by atoms with van der Waals surface area (Å²) in [5.74, 6) is 0. The van der Waals surface area contributed by atoms with Gasteiger partial charge in [0, 0.05) is 6.21 Å². The van der Waals surface area contributed by atoms with Crippen LogP contribution in [-0.2, 0) is 0 Å². The Morgan fingerprint density at radius 1 is 1.30 bits per heavy atom. The van der Waals surface area contributed by atoms with Crippen molar-refractivity contribution in [3.05, 3.63) is 0 Å². The summed E-state index contributed by atoms with van der Waals surface area (Å²) in [4.78, 5) is 3.39. The zero-order chi connectivity index (χ0) is 8.83. The van der Waals surface area contributed by atoms with Crippen molar-refractivity contribution in [3.8, 4) is 0 Å². The molecule has 1 N–H and O–H groups in total. The lowest BCUT2D eigenvalue weighted by Gasteiger charge is -1.57. The summed E-state index contributed by atoms with van der Waals surface area (Å²) in [6.07, 6.45) is 3.81. The standard InChI is InChI=1S/C3H6N2.C3H8.C2H6/c1-2-5-3-4;1-3-2;1-2/h2-4H,1H3;3H2,1-2H3;1-2H3. The third-order valence-electron chi connectivity index (χ3n) is 0.224. The lowest BCUT2D eigenvalue weighted by Crippen LogP contribution is -1.56. The lowest BCUT2D eigenvalue weighted by molar-refractivity contribution is 1.09. The van der Waals surface area contributed by atoms with Gasteiger partial charge < -0.3 is 0 Å². The van der Waals surface area contributed by atoms with Gasteiger partial charge in [-0.2, -0.15) is 0 Å². The Hall–Kier alpha value is -0.660. The summed E-state index contributed by atoms with van der Waals surface area (Å²) in [6, 6.07) is 0. The van der Waals surface area contributed by atoms with Gasteiger partial charge in [0.05, 0.1) is 0 Å². The highest BCUT2D eigenvalue weighted by atomic mass is 14.7. The smallest absolute Gasteiger partial charge is 0.106 e. The Labute approximate surface area is 64.9 Å². The number of aliphatic imine (C=N–C) groups is 1. The quantitative estimate of drug-likeness (QED) is 0.433. The van der Waals surface area contributed by atoms with Crippen molar-refractivity contribution in [2.45, 2.75) is 41.0 Å². The molecule has 2 heteroatoms. The second-order valence-corrected chi connectivity index (χ2v) is 1.24. The van der Waals surface area contributed by atoms with Gasteiger partial charge in [0.2, 0.25) is 0 Å². The summed E-state index contributed by atoms with van der Waals surface area (Å²) in [7, 11) is 0. The lowest BCUT2D eigenvalue weighted by atomic mass is 10.6. The number of nitrogens with zero attached hydrogens (tertiary/aromatic N) is 1. The molecule has 0 heterocycles. The molecule has 0 atom stereocenters. The van der Waals surface area contributed by atoms with Gasteiger partial charge in [0.1, 0.15) is 6.34 Å². The maximum Gasteiger partial charge on any atom is 0.106 e. The third-order valence-corrected chi connectivity index (χ3v) is 0.224. The predicted molar refractivity (Wildman–Crippen MR) is 50.3 cm³/mol. The first kappa shape index (κ1) is 16.2. The molecule has 0 amide bonds. The molecule has 0 rings (SSSR count). The van der Waals surface area contributed by atoms with Crippen LogP contribution in [0.15, 0.2) is 4.99 Å². The predicted octanol–water partition coefficient (Wildman–Crippen LogP) is 3.13. The van der Waals surface area contributed by atoms with Gasteiger partial charge in [-0.25, -0.2) is 0 Å². The molecule has 0 bridgehead atoms. The summed E-state index contributed by atoms with van der Waals surface area (Å²) in [5, 5.41) is 6.28. The van der Waals surface area contributed by atoms with Crippen LogP contribution in [0.5, 0.6) is 0 Å². The van der Waals surface area contributed by atoms with E-state index in [0.717, 1.165) is 6.34 Å². The van der Waals surface area contributed by atoms with Crippen LogP contribution in [0.25, 0.3) is 0 Å². The molecule has 0 radical (unpaired) electrons. The van der Waals surface area contributed by atoms with E-state index in [0.29, 0.717) is 0 Å². The molecule has 0 saturated carbocycles. The fourth-order valence-corrected chi connectivity index (χ4v) is 0.0745. The zero-order valence-corrected chi connectivity index (χ0v) is 7.81. The second-order valence-electron chi connectivity index (χ2n) is 1.24. The topological polar surface area (TPSA) is 36.2 Å². The summed E-state index contributed by atoms with van der Waals surface area (Å²) in [5.41, 5.74) is 0. The highest BCUT2D eigenvalue weighted by molar-refractivity contribution is 5.68. The Balaban J connectivity index is -0.0000000847. The van der Waals surface area contributed by atoms with E-state index in [1.807, 2.05) is 13.8 Å². The van der Waals surface area contributed by atoms with E-state index in [4.69, 9.17) is 5.41 Å². The minimum absolute atomic E-state index is 1.00. The first-order valence-corrected chi connectivity index (χ1v) is 3.80. The molecule has 62 valence electrons. The Morgan fingerprint density at radius 2 is 1.60 bits per heavy atom. The van der Waals surface area contributed by atoms with Gasteiger partial charge in [0.25, 0.3) is 0 Å². The maximum atomic E-state index is 6.28. The SMILES string of the molecule is CC.CC=NC=N.CCC. The Kier molecular flexibility index (Phi) is 65.1. The van der Waals surface area contributed by atoms with Crippen molar-refractivity contribution in [2.75, 3.05) is 0 Å². The van der Waals surface area contributed by atoms with E-state index < -0.39 is 0 Å². The van der Waals surface area contributed by atoms with Crippen LogP contribution in [0.3, 0.4) is 0 Å². The average molecular weight is 144 g/mol. The van der Waals surface area contributed by atoms with Gasteiger partial charge in [-0.15, -0.1) is 0 Å². The fourth-order valence-electron chi connectivity index (χ4n) is 0.0745. The van der Waals surface area contributed by atoms with E-state index in [1.165, 1.54) is 6.42 Å². The largest absolute Gasteiger partial charge is 0.290 e. The van der Waals surface area contributed by atoms with Crippen LogP contribution in [0, 0.1) is 5.41 Å². The van der Waals surface area contributed by atoms with Crippen LogP contribution in [0.2, 0.25) is 0 Å². The van der Waals surface area contributed by atoms with Crippen LogP contribution < -0.4 is 0 Å². The molecule has 0 aromatic rings. The van der Waals surface area contributed by atoms with Crippen LogP contribution in [-0.4, -0.2) is 12.6 Å². The van der Waals surface area contributed by atoms with E-state index in [9.17, 15) is 0 Å². The van der Waals surface area contributed by atoms with Crippen molar-refractivity contribution in [1.82, 2.24) is 0 Å². The number of nitrogens with one attached hydrogen (secondary N) is 1. The van der Waals surface area contributed by atoms with Crippen LogP contribution in [0.1, 0.15) is 41.0 Å². The molecule has 10 heavy (non-hydrogen) atoms. The van der Waals surface area contributed by atoms with E-state index >= 15 is 0 Å². The first-order valence-electron chi connectivity index (χ1n) is 3.80. The third kappa shape index (κ3) is 164. The number of rotatable bonds is 1. The monoisotopic (exact) mass is 144 g/mol. The van der Waals surface area contributed by atoms with Gasteiger partial charge in [-0.05, 0) is 6.92 Å². The van der Waals surface area contributed by atoms with Crippen molar-refractivity contribution in [3.63, 3.8) is 0 Å². The highest BCUT2D eigenvalue weighted by Crippen LogP contribution is 1.56. The molecule has 0 aliphatic rings. The Morgan fingerprint density at radius 3 is 1.60 bits per heavy atom. The van der Waals surface area contributed by atoms with Crippen molar-refractivity contribution >= 4 is 12.6 Å². The minimum Gasteiger partial charge on any atom is -0.290 e. The van der Waals surface area contributed by atoms with Crippen LogP contribution in [0.4, 0.5) is 0 Å². The van der Waals surface area contributed by atoms with Crippen molar-refractivity contribution < 1.29 is 0 Å². The van der Waals surface area contributed by atoms with Crippen molar-refractivity contribution in [1.29, 1.82) is 5.41 Å². The van der Waals surface area contributed by atoms with Gasteiger partial charge in [0.15, 0.2) is 0 Å². The van der Waals surface area contributed by atoms with E-state index in [-0.39, 0.29) is 0 Å².